The van der Waals surface area contributed by atoms with Crippen molar-refractivity contribution in [2.45, 2.75) is 6.92 Å². The smallest absolute Gasteiger partial charge is 0.269 e. The van der Waals surface area contributed by atoms with Gasteiger partial charge in [-0.3, -0.25) is 10.1 Å². The first-order valence-electron chi connectivity index (χ1n) is 5.31. The molecular formula is C11H11N5O3. The number of non-ortho nitro benzene ring substituents is 1. The van der Waals surface area contributed by atoms with Gasteiger partial charge in [0.05, 0.1) is 4.92 Å². The highest BCUT2D eigenvalue weighted by Gasteiger charge is 2.10. The lowest BCUT2D eigenvalue weighted by molar-refractivity contribution is -0.384. The fourth-order valence-corrected chi connectivity index (χ4v) is 1.45. The van der Waals surface area contributed by atoms with Crippen LogP contribution in [-0.2, 0) is 0 Å². The summed E-state index contributed by atoms with van der Waals surface area (Å²) in [6, 6.07) is 5.83. The fourth-order valence-electron chi connectivity index (χ4n) is 1.45. The molecule has 98 valence electrons. The number of nitrogen functional groups attached to an aromatic ring is 1. The van der Waals surface area contributed by atoms with Crippen molar-refractivity contribution in [3.05, 3.63) is 46.3 Å². The molecule has 0 spiro atoms. The number of nitrogens with zero attached hydrogens (tertiary/aromatic N) is 3. The molecule has 19 heavy (non-hydrogen) atoms. The van der Waals surface area contributed by atoms with Crippen LogP contribution in [0.5, 0.6) is 11.6 Å². The number of nitro groups is 1. The van der Waals surface area contributed by atoms with Crippen LogP contribution < -0.4 is 16.0 Å². The van der Waals surface area contributed by atoms with Gasteiger partial charge in [-0.05, 0) is 18.6 Å². The molecule has 0 saturated carbocycles. The number of rotatable bonds is 4. The van der Waals surface area contributed by atoms with Crippen molar-refractivity contribution in [3.63, 3.8) is 0 Å². The molecule has 8 nitrogen and oxygen atoms in total. The Hall–Kier alpha value is -2.74. The zero-order chi connectivity index (χ0) is 13.8. The highest BCUT2D eigenvalue weighted by atomic mass is 16.6. The number of aryl methyl sites for hydroxylation is 1. The van der Waals surface area contributed by atoms with E-state index in [-0.39, 0.29) is 5.69 Å². The summed E-state index contributed by atoms with van der Waals surface area (Å²) in [6.07, 6.45) is 1.30. The molecule has 8 heteroatoms. The third-order valence-electron chi connectivity index (χ3n) is 2.37. The first kappa shape index (κ1) is 12.7. The number of hydrogen-bond donors (Lipinski definition) is 2. The Bertz CT molecular complexity index is 617. The molecular weight excluding hydrogens is 250 g/mol. The van der Waals surface area contributed by atoms with E-state index in [1.807, 2.05) is 0 Å². The zero-order valence-corrected chi connectivity index (χ0v) is 10.0. The molecule has 2 rings (SSSR count). The van der Waals surface area contributed by atoms with E-state index in [0.29, 0.717) is 23.0 Å². The summed E-state index contributed by atoms with van der Waals surface area (Å²) in [6.45, 7) is 1.71. The minimum absolute atomic E-state index is 0.0110. The maximum Gasteiger partial charge on any atom is 0.269 e. The first-order chi connectivity index (χ1) is 9.10. The van der Waals surface area contributed by atoms with Gasteiger partial charge in [0.25, 0.3) is 5.69 Å². The zero-order valence-electron chi connectivity index (χ0n) is 10.0. The maximum absolute atomic E-state index is 10.6. The standard InChI is InChI=1S/C11H11N5O3/c1-7-4-8(16(17)18)2-3-9(7)19-11-5-10(15-12)13-6-14-11/h2-6H,12H2,1H3,(H,13,14,15). The normalized spacial score (nSPS) is 10.0. The van der Waals surface area contributed by atoms with Crippen LogP contribution in [0.25, 0.3) is 0 Å². The quantitative estimate of drug-likeness (QED) is 0.489. The lowest BCUT2D eigenvalue weighted by Crippen LogP contribution is -2.08. The second kappa shape index (κ2) is 5.27. The van der Waals surface area contributed by atoms with Crippen LogP contribution in [0, 0.1) is 17.0 Å². The molecule has 0 radical (unpaired) electrons. The number of nitrogens with two attached hydrogens (primary N) is 1. The van der Waals surface area contributed by atoms with Crippen LogP contribution in [0.1, 0.15) is 5.56 Å². The van der Waals surface area contributed by atoms with Crippen molar-refractivity contribution in [1.82, 2.24) is 9.97 Å². The molecule has 0 fully saturated rings. The Morgan fingerprint density at radius 1 is 1.37 bits per heavy atom. The summed E-state index contributed by atoms with van der Waals surface area (Å²) in [7, 11) is 0. The highest BCUT2D eigenvalue weighted by Crippen LogP contribution is 2.27. The molecule has 3 N–H and O–H groups in total. The van der Waals surface area contributed by atoms with E-state index in [1.165, 1.54) is 30.6 Å². The van der Waals surface area contributed by atoms with E-state index in [1.54, 1.807) is 6.92 Å². The molecule has 0 aliphatic heterocycles. The molecule has 2 aromatic rings. The van der Waals surface area contributed by atoms with E-state index in [0.717, 1.165) is 0 Å². The number of hydrogen-bond acceptors (Lipinski definition) is 7. The number of nitro benzene ring substituents is 1. The van der Waals surface area contributed by atoms with Gasteiger partial charge in [-0.1, -0.05) is 0 Å². The summed E-state index contributed by atoms with van der Waals surface area (Å²) in [4.78, 5) is 17.9. The molecule has 1 aromatic heterocycles. The van der Waals surface area contributed by atoms with E-state index in [2.05, 4.69) is 15.4 Å². The topological polar surface area (TPSA) is 116 Å². The van der Waals surface area contributed by atoms with Crippen LogP contribution in [0.4, 0.5) is 11.5 Å². The fraction of sp³-hybridized carbons (Fsp3) is 0.0909. The van der Waals surface area contributed by atoms with Gasteiger partial charge >= 0.3 is 0 Å². The van der Waals surface area contributed by atoms with Gasteiger partial charge in [0.15, 0.2) is 0 Å². The molecule has 0 unspecified atom stereocenters. The van der Waals surface area contributed by atoms with E-state index < -0.39 is 4.92 Å². The number of nitrogens with one attached hydrogen (secondary N) is 1. The minimum Gasteiger partial charge on any atom is -0.439 e. The molecule has 0 aliphatic rings. The number of ether oxygens (including phenoxy) is 1. The van der Waals surface area contributed by atoms with E-state index in [4.69, 9.17) is 10.6 Å². The average molecular weight is 261 g/mol. The van der Waals surface area contributed by atoms with Crippen LogP contribution in [0.3, 0.4) is 0 Å². The Balaban J connectivity index is 2.25. The second-order valence-electron chi connectivity index (χ2n) is 3.69. The first-order valence-corrected chi connectivity index (χ1v) is 5.31. The van der Waals surface area contributed by atoms with Gasteiger partial charge in [-0.2, -0.15) is 0 Å². The average Bonchev–Trinajstić information content (AvgIpc) is 2.41. The van der Waals surface area contributed by atoms with Crippen molar-refractivity contribution < 1.29 is 9.66 Å². The third-order valence-corrected chi connectivity index (χ3v) is 2.37. The van der Waals surface area contributed by atoms with Crippen molar-refractivity contribution in [3.8, 4) is 11.6 Å². The maximum atomic E-state index is 10.6. The molecule has 0 saturated heterocycles. The predicted octanol–water partition coefficient (Wildman–Crippen LogP) is 1.77. The minimum atomic E-state index is -0.460. The third kappa shape index (κ3) is 2.93. The molecule has 0 atom stereocenters. The van der Waals surface area contributed by atoms with Gasteiger partial charge < -0.3 is 10.2 Å². The summed E-state index contributed by atoms with van der Waals surface area (Å²) in [5.41, 5.74) is 3.02. The Morgan fingerprint density at radius 3 is 2.79 bits per heavy atom. The summed E-state index contributed by atoms with van der Waals surface area (Å²) >= 11 is 0. The molecule has 1 heterocycles. The van der Waals surface area contributed by atoms with Crippen molar-refractivity contribution in [2.75, 3.05) is 5.43 Å². The Labute approximate surface area is 108 Å². The van der Waals surface area contributed by atoms with Crippen LogP contribution >= 0.6 is 0 Å². The predicted molar refractivity (Wildman–Crippen MR) is 67.7 cm³/mol. The lowest BCUT2D eigenvalue weighted by Gasteiger charge is -2.08. The van der Waals surface area contributed by atoms with Gasteiger partial charge in [-0.25, -0.2) is 15.8 Å². The van der Waals surface area contributed by atoms with Crippen LogP contribution in [0.2, 0.25) is 0 Å². The Kier molecular flexibility index (Phi) is 3.53. The SMILES string of the molecule is Cc1cc([N+](=O)[O-])ccc1Oc1cc(NN)ncn1. The van der Waals surface area contributed by atoms with Crippen molar-refractivity contribution in [1.29, 1.82) is 0 Å². The van der Waals surface area contributed by atoms with Gasteiger partial charge in [0.2, 0.25) is 5.88 Å². The van der Waals surface area contributed by atoms with Gasteiger partial charge in [0, 0.05) is 18.2 Å². The summed E-state index contributed by atoms with van der Waals surface area (Å²) in [5.74, 6) is 6.40. The summed E-state index contributed by atoms with van der Waals surface area (Å²) in [5, 5.41) is 10.6. The van der Waals surface area contributed by atoms with Gasteiger partial charge in [-0.15, -0.1) is 0 Å². The highest BCUT2D eigenvalue weighted by molar-refractivity contribution is 5.45. The molecule has 0 amide bonds. The monoisotopic (exact) mass is 261 g/mol. The number of aromatic nitrogens is 2. The molecule has 0 bridgehead atoms. The molecule has 0 aliphatic carbocycles. The van der Waals surface area contributed by atoms with E-state index in [9.17, 15) is 10.1 Å². The van der Waals surface area contributed by atoms with Crippen molar-refractivity contribution in [2.24, 2.45) is 5.84 Å². The Morgan fingerprint density at radius 2 is 2.16 bits per heavy atom. The number of benzene rings is 1. The van der Waals surface area contributed by atoms with Crippen molar-refractivity contribution >= 4 is 11.5 Å². The van der Waals surface area contributed by atoms with Gasteiger partial charge in [0.1, 0.15) is 17.9 Å². The van der Waals surface area contributed by atoms with Crippen LogP contribution in [0.15, 0.2) is 30.6 Å². The lowest BCUT2D eigenvalue weighted by atomic mass is 10.2. The number of anilines is 1. The van der Waals surface area contributed by atoms with Crippen LogP contribution in [-0.4, -0.2) is 14.9 Å². The van der Waals surface area contributed by atoms with E-state index >= 15 is 0 Å². The largest absolute Gasteiger partial charge is 0.439 e. The second-order valence-corrected chi connectivity index (χ2v) is 3.69. The summed E-state index contributed by atoms with van der Waals surface area (Å²) < 4.78 is 5.52. The molecule has 1 aromatic carbocycles. The number of hydrazine groups is 1.